The zero-order valence-corrected chi connectivity index (χ0v) is 17.7. The van der Waals surface area contributed by atoms with Gasteiger partial charge >= 0.3 is 24.3 Å². The van der Waals surface area contributed by atoms with Crippen LogP contribution in [-0.2, 0) is 23.6 Å². The number of benzene rings is 2. The molecule has 33 heavy (non-hydrogen) atoms. The highest BCUT2D eigenvalue weighted by Gasteiger charge is 2.38. The van der Waals surface area contributed by atoms with Crippen LogP contribution in [0.2, 0.25) is 0 Å². The normalized spacial score (nSPS) is 11.4. The third-order valence-corrected chi connectivity index (χ3v) is 4.10. The number of rotatable bonds is 4. The maximum Gasteiger partial charge on any atom is 0.471 e. The van der Waals surface area contributed by atoms with E-state index in [-0.39, 0.29) is 23.6 Å². The van der Waals surface area contributed by atoms with E-state index in [1.807, 2.05) is 13.8 Å². The van der Waals surface area contributed by atoms with Gasteiger partial charge in [0.15, 0.2) is 0 Å². The third-order valence-electron chi connectivity index (χ3n) is 4.10. The number of alkyl halides is 6. The topological polar surface area (TPSA) is 68.5 Å². The van der Waals surface area contributed by atoms with Gasteiger partial charge in [0, 0.05) is 11.3 Å². The minimum atomic E-state index is -4.78. The van der Waals surface area contributed by atoms with Crippen molar-refractivity contribution in [3.05, 3.63) is 65.5 Å². The summed E-state index contributed by atoms with van der Waals surface area (Å²) >= 11 is 0. The number of hydrogen-bond donors (Lipinski definition) is 0. The van der Waals surface area contributed by atoms with Gasteiger partial charge in [0.2, 0.25) is 5.82 Å². The molecule has 1 amide bonds. The maximum atomic E-state index is 13.0. The number of anilines is 1. The zero-order chi connectivity index (χ0) is 24.8. The molecule has 1 heterocycles. The summed E-state index contributed by atoms with van der Waals surface area (Å²) in [5.41, 5.74) is -0.302. The van der Waals surface area contributed by atoms with Crippen LogP contribution in [0.5, 0.6) is 0 Å². The summed E-state index contributed by atoms with van der Waals surface area (Å²) in [6.45, 7) is 3.84. The van der Waals surface area contributed by atoms with Crippen LogP contribution in [0.1, 0.15) is 30.9 Å². The van der Waals surface area contributed by atoms with Gasteiger partial charge in [-0.1, -0.05) is 49.3 Å². The fourth-order valence-corrected chi connectivity index (χ4v) is 2.62. The zero-order valence-electron chi connectivity index (χ0n) is 17.7. The molecule has 0 bridgehead atoms. The number of amides is 1. The second kappa shape index (κ2) is 10.4. The Kier molecular flexibility index (Phi) is 8.07. The average Bonchev–Trinajstić information content (AvgIpc) is 3.29. The number of halogens is 6. The van der Waals surface area contributed by atoms with Gasteiger partial charge < -0.3 is 9.26 Å². The predicted molar refractivity (Wildman–Crippen MR) is 106 cm³/mol. The standard InChI is InChI=1S/C19H13F6N3O3.C2H6/c1-30-17(29)28(14-4-2-3-13(9-14)18(20,21)22)10-11-5-7-12(8-6-11)15-26-16(31-27-15)19(23,24)25;1-2/h2-9H,10H2,1H3;1-2H3. The first-order chi connectivity index (χ1) is 15.5. The maximum absolute atomic E-state index is 13.0. The van der Waals surface area contributed by atoms with Gasteiger partial charge in [-0.2, -0.15) is 31.3 Å². The summed E-state index contributed by atoms with van der Waals surface area (Å²) in [6.07, 6.45) is -10.3. The molecule has 0 aliphatic carbocycles. The second-order valence-corrected chi connectivity index (χ2v) is 6.22. The molecular weight excluding hydrogens is 456 g/mol. The molecule has 178 valence electrons. The molecule has 0 atom stereocenters. The van der Waals surface area contributed by atoms with E-state index >= 15 is 0 Å². The third kappa shape index (κ3) is 6.46. The Labute approximate surface area is 184 Å². The molecule has 0 aliphatic heterocycles. The highest BCUT2D eigenvalue weighted by Crippen LogP contribution is 2.33. The molecule has 1 aromatic heterocycles. The van der Waals surface area contributed by atoms with E-state index in [1.54, 1.807) is 0 Å². The molecule has 0 radical (unpaired) electrons. The number of methoxy groups -OCH3 is 1. The van der Waals surface area contributed by atoms with E-state index in [0.717, 1.165) is 30.2 Å². The Bertz CT molecular complexity index is 1060. The van der Waals surface area contributed by atoms with Crippen molar-refractivity contribution in [1.29, 1.82) is 0 Å². The number of aromatic nitrogens is 2. The van der Waals surface area contributed by atoms with Crippen molar-refractivity contribution >= 4 is 11.8 Å². The van der Waals surface area contributed by atoms with Crippen molar-refractivity contribution in [2.24, 2.45) is 0 Å². The van der Waals surface area contributed by atoms with Gasteiger partial charge in [0.25, 0.3) is 0 Å². The summed E-state index contributed by atoms with van der Waals surface area (Å²) < 4.78 is 85.6. The Morgan fingerprint density at radius 2 is 1.64 bits per heavy atom. The van der Waals surface area contributed by atoms with Crippen LogP contribution in [-0.4, -0.2) is 23.3 Å². The molecule has 0 fully saturated rings. The quantitative estimate of drug-likeness (QED) is 0.399. The van der Waals surface area contributed by atoms with E-state index < -0.39 is 29.9 Å². The Hall–Kier alpha value is -3.57. The molecule has 0 saturated carbocycles. The molecule has 3 rings (SSSR count). The molecular formula is C21H19F6N3O3. The van der Waals surface area contributed by atoms with Crippen molar-refractivity contribution in [1.82, 2.24) is 10.1 Å². The monoisotopic (exact) mass is 475 g/mol. The minimum Gasteiger partial charge on any atom is -0.452 e. The van der Waals surface area contributed by atoms with Gasteiger partial charge in [-0.15, -0.1) is 0 Å². The molecule has 0 unspecified atom stereocenters. The number of carbonyl (C=O) groups is 1. The van der Waals surface area contributed by atoms with Crippen LogP contribution in [0.3, 0.4) is 0 Å². The Morgan fingerprint density at radius 1 is 1.00 bits per heavy atom. The minimum absolute atomic E-state index is 0.0428. The first-order valence-corrected chi connectivity index (χ1v) is 9.52. The summed E-state index contributed by atoms with van der Waals surface area (Å²) in [5.74, 6) is -1.78. The molecule has 2 aromatic carbocycles. The van der Waals surface area contributed by atoms with Crippen LogP contribution >= 0.6 is 0 Å². The summed E-state index contributed by atoms with van der Waals surface area (Å²) in [6, 6.07) is 9.86. The molecule has 0 N–H and O–H groups in total. The van der Waals surface area contributed by atoms with E-state index in [0.29, 0.717) is 5.56 Å². The smallest absolute Gasteiger partial charge is 0.452 e. The lowest BCUT2D eigenvalue weighted by molar-refractivity contribution is -0.159. The van der Waals surface area contributed by atoms with Gasteiger partial charge in [-0.3, -0.25) is 4.90 Å². The van der Waals surface area contributed by atoms with E-state index in [4.69, 9.17) is 0 Å². The SMILES string of the molecule is CC.COC(=O)N(Cc1ccc(-c2noc(C(F)(F)F)n2)cc1)c1cccc(C(F)(F)F)c1. The number of hydrogen-bond acceptors (Lipinski definition) is 5. The van der Waals surface area contributed by atoms with Crippen molar-refractivity contribution in [2.75, 3.05) is 12.0 Å². The number of nitrogens with zero attached hydrogens (tertiary/aromatic N) is 3. The molecule has 6 nitrogen and oxygen atoms in total. The molecule has 0 spiro atoms. The second-order valence-electron chi connectivity index (χ2n) is 6.22. The summed E-state index contributed by atoms with van der Waals surface area (Å²) in [7, 11) is 1.08. The Morgan fingerprint density at radius 3 is 2.15 bits per heavy atom. The first-order valence-electron chi connectivity index (χ1n) is 9.52. The van der Waals surface area contributed by atoms with Crippen LogP contribution in [0.15, 0.2) is 53.1 Å². The fraction of sp³-hybridized carbons (Fsp3) is 0.286. The van der Waals surface area contributed by atoms with Gasteiger partial charge in [-0.25, -0.2) is 4.79 Å². The van der Waals surface area contributed by atoms with E-state index in [2.05, 4.69) is 19.4 Å². The molecule has 0 saturated heterocycles. The van der Waals surface area contributed by atoms with Crippen LogP contribution in [0.4, 0.5) is 36.8 Å². The van der Waals surface area contributed by atoms with E-state index in [9.17, 15) is 31.1 Å². The summed E-state index contributed by atoms with van der Waals surface area (Å²) in [4.78, 5) is 16.4. The van der Waals surface area contributed by atoms with Crippen molar-refractivity contribution in [2.45, 2.75) is 32.7 Å². The summed E-state index contributed by atoms with van der Waals surface area (Å²) in [5, 5.41) is 3.27. The highest BCUT2D eigenvalue weighted by atomic mass is 19.4. The van der Waals surface area contributed by atoms with Gasteiger partial charge in [-0.05, 0) is 23.8 Å². The lowest BCUT2D eigenvalue weighted by Gasteiger charge is -2.22. The highest BCUT2D eigenvalue weighted by molar-refractivity contribution is 5.87. The fourth-order valence-electron chi connectivity index (χ4n) is 2.62. The molecule has 3 aromatic rings. The van der Waals surface area contributed by atoms with Crippen molar-refractivity contribution in [3.8, 4) is 11.4 Å². The Balaban J connectivity index is 0.00000187. The lowest BCUT2D eigenvalue weighted by Crippen LogP contribution is -2.30. The van der Waals surface area contributed by atoms with Crippen LogP contribution in [0.25, 0.3) is 11.4 Å². The predicted octanol–water partition coefficient (Wildman–Crippen LogP) is 6.57. The average molecular weight is 475 g/mol. The van der Waals surface area contributed by atoms with Crippen molar-refractivity contribution < 1.29 is 40.4 Å². The van der Waals surface area contributed by atoms with Crippen LogP contribution in [0, 0.1) is 0 Å². The van der Waals surface area contributed by atoms with Gasteiger partial charge in [0.1, 0.15) is 0 Å². The molecule has 12 heteroatoms. The van der Waals surface area contributed by atoms with E-state index in [1.165, 1.54) is 30.3 Å². The first kappa shape index (κ1) is 25.7. The number of carbonyl (C=O) groups excluding carboxylic acids is 1. The molecule has 0 aliphatic rings. The van der Waals surface area contributed by atoms with Crippen molar-refractivity contribution in [3.63, 3.8) is 0 Å². The van der Waals surface area contributed by atoms with Crippen LogP contribution < -0.4 is 4.90 Å². The van der Waals surface area contributed by atoms with Gasteiger partial charge in [0.05, 0.1) is 19.2 Å². The lowest BCUT2D eigenvalue weighted by atomic mass is 10.1. The number of ether oxygens (including phenoxy) is 1. The largest absolute Gasteiger partial charge is 0.471 e.